The van der Waals surface area contributed by atoms with Crippen molar-refractivity contribution in [3.63, 3.8) is 0 Å². The topological polar surface area (TPSA) is 45.7 Å². The second kappa shape index (κ2) is 5.97. The maximum Gasteiger partial charge on any atom is 0.228 e. The Morgan fingerprint density at radius 2 is 2.05 bits per heavy atom. The highest BCUT2D eigenvalue weighted by Gasteiger charge is 2.43. The Balaban J connectivity index is 1.31. The summed E-state index contributed by atoms with van der Waals surface area (Å²) < 4.78 is 5.35. The number of carbonyl (C=O) groups is 1. The van der Waals surface area contributed by atoms with Gasteiger partial charge in [-0.1, -0.05) is 6.07 Å². The summed E-state index contributed by atoms with van der Waals surface area (Å²) in [6.07, 6.45) is 2.76. The lowest BCUT2D eigenvalue weighted by molar-refractivity contribution is -0.134. The first-order chi connectivity index (χ1) is 10.8. The highest BCUT2D eigenvalue weighted by molar-refractivity contribution is 5.79. The zero-order chi connectivity index (χ0) is 14.9. The van der Waals surface area contributed by atoms with Gasteiger partial charge in [0.1, 0.15) is 0 Å². The van der Waals surface area contributed by atoms with Gasteiger partial charge in [0.05, 0.1) is 18.2 Å². The van der Waals surface area contributed by atoms with Crippen LogP contribution in [0, 0.1) is 17.8 Å². The molecule has 3 aliphatic heterocycles. The lowest BCUT2D eigenvalue weighted by Gasteiger charge is -2.23. The van der Waals surface area contributed by atoms with Crippen molar-refractivity contribution in [1.29, 1.82) is 0 Å². The van der Waals surface area contributed by atoms with Crippen molar-refractivity contribution < 1.29 is 9.53 Å². The van der Waals surface area contributed by atoms with Gasteiger partial charge < -0.3 is 9.64 Å². The Kier molecular flexibility index (Phi) is 3.84. The zero-order valence-electron chi connectivity index (χ0n) is 12.9. The lowest BCUT2D eigenvalue weighted by atomic mass is 10.0. The van der Waals surface area contributed by atoms with E-state index in [1.807, 2.05) is 18.3 Å². The fourth-order valence-electron chi connectivity index (χ4n) is 4.11. The molecule has 0 spiro atoms. The minimum Gasteiger partial charge on any atom is -0.381 e. The van der Waals surface area contributed by atoms with E-state index >= 15 is 0 Å². The van der Waals surface area contributed by atoms with E-state index in [2.05, 4.69) is 20.9 Å². The molecule has 0 aliphatic carbocycles. The number of hydrogen-bond acceptors (Lipinski definition) is 4. The molecule has 4 heterocycles. The summed E-state index contributed by atoms with van der Waals surface area (Å²) in [6.45, 7) is 6.33. The fourth-order valence-corrected chi connectivity index (χ4v) is 4.11. The number of rotatable bonds is 3. The summed E-state index contributed by atoms with van der Waals surface area (Å²) in [4.78, 5) is 21.5. The normalized spacial score (nSPS) is 31.6. The minimum atomic E-state index is 0.114. The van der Waals surface area contributed by atoms with Crippen LogP contribution in [0.2, 0.25) is 0 Å². The van der Waals surface area contributed by atoms with Gasteiger partial charge in [-0.2, -0.15) is 0 Å². The Labute approximate surface area is 131 Å². The number of pyridine rings is 1. The van der Waals surface area contributed by atoms with E-state index in [1.54, 1.807) is 0 Å². The van der Waals surface area contributed by atoms with Crippen LogP contribution in [0.5, 0.6) is 0 Å². The van der Waals surface area contributed by atoms with Crippen LogP contribution in [0.1, 0.15) is 12.1 Å². The number of hydrogen-bond donors (Lipinski definition) is 0. The Morgan fingerprint density at radius 1 is 1.23 bits per heavy atom. The second-order valence-electron chi connectivity index (χ2n) is 6.84. The van der Waals surface area contributed by atoms with Gasteiger partial charge in [-0.3, -0.25) is 14.7 Å². The molecule has 1 aromatic heterocycles. The van der Waals surface area contributed by atoms with Crippen LogP contribution >= 0.6 is 0 Å². The molecule has 5 heteroatoms. The van der Waals surface area contributed by atoms with E-state index in [9.17, 15) is 4.79 Å². The van der Waals surface area contributed by atoms with Gasteiger partial charge in [-0.15, -0.1) is 0 Å². The fraction of sp³-hybridized carbons (Fsp3) is 0.647. The lowest BCUT2D eigenvalue weighted by Crippen LogP contribution is -2.37. The molecule has 0 N–H and O–H groups in total. The van der Waals surface area contributed by atoms with E-state index in [0.29, 0.717) is 24.3 Å². The summed E-state index contributed by atoms with van der Waals surface area (Å²) in [5, 5.41) is 0. The van der Waals surface area contributed by atoms with Crippen LogP contribution in [0.4, 0.5) is 0 Å². The number of fused-ring (bicyclic) bond motifs is 1. The quantitative estimate of drug-likeness (QED) is 0.836. The molecule has 22 heavy (non-hydrogen) atoms. The number of nitrogens with zero attached hydrogens (tertiary/aromatic N) is 3. The van der Waals surface area contributed by atoms with Crippen molar-refractivity contribution >= 4 is 5.91 Å². The van der Waals surface area contributed by atoms with Gasteiger partial charge in [0.15, 0.2) is 0 Å². The summed E-state index contributed by atoms with van der Waals surface area (Å²) in [5.74, 6) is 1.71. The first-order valence-electron chi connectivity index (χ1n) is 8.28. The molecule has 3 saturated heterocycles. The number of carbonyl (C=O) groups excluding carboxylic acids is 1. The van der Waals surface area contributed by atoms with Crippen LogP contribution in [0.3, 0.4) is 0 Å². The van der Waals surface area contributed by atoms with E-state index in [1.165, 1.54) is 0 Å². The van der Waals surface area contributed by atoms with Crippen LogP contribution in [-0.2, 0) is 16.1 Å². The first-order valence-corrected chi connectivity index (χ1v) is 8.28. The van der Waals surface area contributed by atoms with E-state index in [-0.39, 0.29) is 5.92 Å². The molecule has 1 aromatic rings. The predicted molar refractivity (Wildman–Crippen MR) is 82.0 cm³/mol. The number of likely N-dealkylation sites (tertiary alicyclic amines) is 2. The molecule has 1 unspecified atom stereocenters. The monoisotopic (exact) mass is 301 g/mol. The highest BCUT2D eigenvalue weighted by Crippen LogP contribution is 2.33. The summed E-state index contributed by atoms with van der Waals surface area (Å²) >= 11 is 0. The SMILES string of the molecule is O=C(C1CCOC1)N1C[C@H]2CN(Cc3ccccn3)C[C@H]2C1. The first kappa shape index (κ1) is 14.2. The maximum atomic E-state index is 12.5. The molecule has 0 radical (unpaired) electrons. The summed E-state index contributed by atoms with van der Waals surface area (Å²) in [5.41, 5.74) is 1.14. The number of aromatic nitrogens is 1. The summed E-state index contributed by atoms with van der Waals surface area (Å²) in [6, 6.07) is 6.09. The molecule has 3 aliphatic rings. The molecule has 0 saturated carbocycles. The zero-order valence-corrected chi connectivity index (χ0v) is 12.9. The Bertz CT molecular complexity index is 516. The molecule has 0 bridgehead atoms. The van der Waals surface area contributed by atoms with E-state index in [0.717, 1.165) is 51.4 Å². The third kappa shape index (κ3) is 2.75. The van der Waals surface area contributed by atoms with Crippen LogP contribution in [0.15, 0.2) is 24.4 Å². The third-order valence-electron chi connectivity index (χ3n) is 5.26. The van der Waals surface area contributed by atoms with Gasteiger partial charge in [0.25, 0.3) is 0 Å². The maximum absolute atomic E-state index is 12.5. The van der Waals surface area contributed by atoms with Gasteiger partial charge in [-0.05, 0) is 30.4 Å². The molecule has 3 fully saturated rings. The van der Waals surface area contributed by atoms with Crippen LogP contribution in [0.25, 0.3) is 0 Å². The highest BCUT2D eigenvalue weighted by atomic mass is 16.5. The van der Waals surface area contributed by atoms with Crippen molar-refractivity contribution in [3.8, 4) is 0 Å². The average Bonchev–Trinajstić information content (AvgIpc) is 3.23. The standard InChI is InChI=1S/C17H23N3O2/c21-17(13-4-6-22-12-13)20-9-14-7-19(8-15(14)10-20)11-16-3-1-2-5-18-16/h1-3,5,13-15H,4,6-12H2/t13?,14-,15+. The van der Waals surface area contributed by atoms with Crippen molar-refractivity contribution in [2.24, 2.45) is 17.8 Å². The molecular weight excluding hydrogens is 278 g/mol. The molecule has 3 atom stereocenters. The van der Waals surface area contributed by atoms with Gasteiger partial charge in [-0.25, -0.2) is 0 Å². The van der Waals surface area contributed by atoms with E-state index in [4.69, 9.17) is 4.74 Å². The predicted octanol–water partition coefficient (Wildman–Crippen LogP) is 1.01. The van der Waals surface area contributed by atoms with Gasteiger partial charge in [0, 0.05) is 45.5 Å². The van der Waals surface area contributed by atoms with Crippen molar-refractivity contribution in [2.45, 2.75) is 13.0 Å². The molecule has 5 nitrogen and oxygen atoms in total. The molecule has 1 amide bonds. The molecule has 118 valence electrons. The largest absolute Gasteiger partial charge is 0.381 e. The Morgan fingerprint density at radius 3 is 2.68 bits per heavy atom. The van der Waals surface area contributed by atoms with Crippen molar-refractivity contribution in [3.05, 3.63) is 30.1 Å². The third-order valence-corrected chi connectivity index (χ3v) is 5.26. The van der Waals surface area contributed by atoms with Crippen LogP contribution < -0.4 is 0 Å². The van der Waals surface area contributed by atoms with Crippen LogP contribution in [-0.4, -0.2) is 60.1 Å². The van der Waals surface area contributed by atoms with Crippen molar-refractivity contribution in [2.75, 3.05) is 39.4 Å². The molecule has 4 rings (SSSR count). The van der Waals surface area contributed by atoms with Gasteiger partial charge in [0.2, 0.25) is 5.91 Å². The van der Waals surface area contributed by atoms with Gasteiger partial charge >= 0.3 is 0 Å². The van der Waals surface area contributed by atoms with E-state index < -0.39 is 0 Å². The Hall–Kier alpha value is -1.46. The molecular formula is C17H23N3O2. The minimum absolute atomic E-state index is 0.114. The van der Waals surface area contributed by atoms with Crippen molar-refractivity contribution in [1.82, 2.24) is 14.8 Å². The number of ether oxygens (including phenoxy) is 1. The second-order valence-corrected chi connectivity index (χ2v) is 6.84. The summed E-state index contributed by atoms with van der Waals surface area (Å²) in [7, 11) is 0. The smallest absolute Gasteiger partial charge is 0.228 e. The molecule has 0 aromatic carbocycles. The number of amides is 1. The average molecular weight is 301 g/mol.